The number of amides is 1. The van der Waals surface area contributed by atoms with Crippen molar-refractivity contribution in [2.24, 2.45) is 0 Å². The SMILES string of the molecule is CC/C=C\C/C=C\C/C=C\C/C=C\C/C=C\C/C=C\CCCCCCCCCCCCCCCCCCCCCCCCC(=O)NC(COC1OC(CO)C(O)C(O)C1O)C(O)CCCCCCCCCCCCCCCCCCCCCCCCCCCCCCC. The highest BCUT2D eigenvalue weighted by Crippen LogP contribution is 2.24. The highest BCUT2D eigenvalue weighted by Gasteiger charge is 2.44. The van der Waals surface area contributed by atoms with Crippen molar-refractivity contribution >= 4 is 5.91 Å². The van der Waals surface area contributed by atoms with Crippen LogP contribution in [0.3, 0.4) is 0 Å². The van der Waals surface area contributed by atoms with E-state index < -0.39 is 49.5 Å². The van der Waals surface area contributed by atoms with Crippen molar-refractivity contribution in [3.8, 4) is 0 Å². The Hall–Kier alpha value is -2.37. The molecule has 0 spiro atoms. The molecule has 7 atom stereocenters. The second kappa shape index (κ2) is 72.4. The Morgan fingerprint density at radius 3 is 0.989 bits per heavy atom. The first-order chi connectivity index (χ1) is 45.8. The van der Waals surface area contributed by atoms with E-state index >= 15 is 0 Å². The zero-order valence-corrected chi connectivity index (χ0v) is 61.3. The number of allylic oxidation sites excluding steroid dienone is 12. The van der Waals surface area contributed by atoms with Crippen molar-refractivity contribution in [1.29, 1.82) is 0 Å². The maximum atomic E-state index is 13.2. The molecule has 0 aliphatic carbocycles. The van der Waals surface area contributed by atoms with Crippen molar-refractivity contribution in [1.82, 2.24) is 5.32 Å². The van der Waals surface area contributed by atoms with Gasteiger partial charge in [-0.3, -0.25) is 4.79 Å². The van der Waals surface area contributed by atoms with E-state index in [2.05, 4.69) is 92.1 Å². The van der Waals surface area contributed by atoms with Gasteiger partial charge >= 0.3 is 0 Å². The average Bonchev–Trinajstić information content (AvgIpc) is 1.00. The molecule has 93 heavy (non-hydrogen) atoms. The molecule has 0 saturated carbocycles. The van der Waals surface area contributed by atoms with Crippen LogP contribution in [0.4, 0.5) is 0 Å². The molecule has 9 heteroatoms. The lowest BCUT2D eigenvalue weighted by molar-refractivity contribution is -0.302. The third-order valence-corrected chi connectivity index (χ3v) is 19.3. The van der Waals surface area contributed by atoms with Crippen molar-refractivity contribution in [3.63, 3.8) is 0 Å². The Morgan fingerprint density at radius 2 is 0.667 bits per heavy atom. The first kappa shape index (κ1) is 88.6. The summed E-state index contributed by atoms with van der Waals surface area (Å²) in [5.41, 5.74) is 0. The molecule has 6 N–H and O–H groups in total. The lowest BCUT2D eigenvalue weighted by Gasteiger charge is -2.40. The van der Waals surface area contributed by atoms with Crippen LogP contribution in [0.1, 0.15) is 399 Å². The van der Waals surface area contributed by atoms with E-state index in [4.69, 9.17) is 9.47 Å². The molecule has 1 aliphatic rings. The molecular weight excluding hydrogens is 1150 g/mol. The fourth-order valence-corrected chi connectivity index (χ4v) is 13.1. The van der Waals surface area contributed by atoms with Gasteiger partial charge in [0, 0.05) is 6.42 Å². The molecule has 0 aromatic rings. The van der Waals surface area contributed by atoms with E-state index in [1.165, 1.54) is 295 Å². The molecule has 1 amide bonds. The average molecular weight is 1310 g/mol. The normalized spacial score (nSPS) is 17.9. The van der Waals surface area contributed by atoms with Crippen molar-refractivity contribution in [2.45, 2.75) is 442 Å². The summed E-state index contributed by atoms with van der Waals surface area (Å²) in [4.78, 5) is 13.2. The van der Waals surface area contributed by atoms with Crippen LogP contribution >= 0.6 is 0 Å². The van der Waals surface area contributed by atoms with Crippen LogP contribution in [0.15, 0.2) is 72.9 Å². The summed E-state index contributed by atoms with van der Waals surface area (Å²) >= 11 is 0. The van der Waals surface area contributed by atoms with Crippen LogP contribution in [0.5, 0.6) is 0 Å². The van der Waals surface area contributed by atoms with Crippen molar-refractivity contribution < 1.29 is 39.8 Å². The number of nitrogens with one attached hydrogen (secondary N) is 1. The Morgan fingerprint density at radius 1 is 0.376 bits per heavy atom. The monoisotopic (exact) mass is 1310 g/mol. The van der Waals surface area contributed by atoms with E-state index in [1.807, 2.05) is 0 Å². The van der Waals surface area contributed by atoms with Gasteiger partial charge in [0.05, 0.1) is 25.4 Å². The van der Waals surface area contributed by atoms with E-state index in [0.29, 0.717) is 12.8 Å². The predicted molar refractivity (Wildman–Crippen MR) is 401 cm³/mol. The molecule has 1 heterocycles. The zero-order valence-electron chi connectivity index (χ0n) is 61.3. The Bertz CT molecular complexity index is 1710. The smallest absolute Gasteiger partial charge is 0.220 e. The van der Waals surface area contributed by atoms with Crippen LogP contribution in [-0.2, 0) is 14.3 Å². The minimum atomic E-state index is -1.56. The number of ether oxygens (including phenoxy) is 2. The molecule has 0 bridgehead atoms. The van der Waals surface area contributed by atoms with Crippen LogP contribution in [0, 0.1) is 0 Å². The predicted octanol–water partition coefficient (Wildman–Crippen LogP) is 23.4. The second-order valence-corrected chi connectivity index (χ2v) is 28.2. The molecule has 0 radical (unpaired) electrons. The summed E-state index contributed by atoms with van der Waals surface area (Å²) in [6, 6.07) is -0.721. The molecule has 544 valence electrons. The summed E-state index contributed by atoms with van der Waals surface area (Å²) in [5, 5.41) is 55.1. The molecule has 9 nitrogen and oxygen atoms in total. The third kappa shape index (κ3) is 60.5. The molecule has 0 aromatic heterocycles. The van der Waals surface area contributed by atoms with Crippen LogP contribution < -0.4 is 5.32 Å². The highest BCUT2D eigenvalue weighted by molar-refractivity contribution is 5.76. The Labute approximate surface area is 576 Å². The van der Waals surface area contributed by atoms with Gasteiger partial charge in [0.25, 0.3) is 0 Å². The molecule has 0 aromatic carbocycles. The second-order valence-electron chi connectivity index (χ2n) is 28.2. The number of rotatable bonds is 72. The van der Waals surface area contributed by atoms with Gasteiger partial charge in [-0.15, -0.1) is 0 Å². The lowest BCUT2D eigenvalue weighted by atomic mass is 9.99. The van der Waals surface area contributed by atoms with Gasteiger partial charge < -0.3 is 40.3 Å². The van der Waals surface area contributed by atoms with Gasteiger partial charge in [0.2, 0.25) is 5.91 Å². The summed E-state index contributed by atoms with van der Waals surface area (Å²) in [7, 11) is 0. The number of carbonyl (C=O) groups is 1. The van der Waals surface area contributed by atoms with Gasteiger partial charge in [-0.25, -0.2) is 0 Å². The lowest BCUT2D eigenvalue weighted by Crippen LogP contribution is -2.60. The summed E-state index contributed by atoms with van der Waals surface area (Å²) in [6.07, 6.45) is 95.9. The fourth-order valence-electron chi connectivity index (χ4n) is 13.1. The quantitative estimate of drug-likeness (QED) is 0.0261. The topological polar surface area (TPSA) is 149 Å². The number of carbonyl (C=O) groups excluding carboxylic acids is 1. The molecule has 7 unspecified atom stereocenters. The van der Waals surface area contributed by atoms with Gasteiger partial charge in [0.1, 0.15) is 24.4 Å². The number of aliphatic hydroxyl groups is 5. The number of hydrogen-bond acceptors (Lipinski definition) is 8. The van der Waals surface area contributed by atoms with Gasteiger partial charge in [-0.2, -0.15) is 0 Å². The first-order valence-electron chi connectivity index (χ1n) is 40.6. The molecular formula is C84H155NO8. The molecule has 1 saturated heterocycles. The van der Waals surface area contributed by atoms with E-state index in [9.17, 15) is 30.3 Å². The largest absolute Gasteiger partial charge is 0.394 e. The minimum absolute atomic E-state index is 0.135. The van der Waals surface area contributed by atoms with Crippen molar-refractivity contribution in [2.75, 3.05) is 13.2 Å². The maximum absolute atomic E-state index is 13.2. The molecule has 1 aliphatic heterocycles. The standard InChI is InChI=1S/C84H155NO8/c1-3-5-7-9-11-13-15-17-19-21-23-25-27-29-31-33-34-35-36-37-38-39-40-41-42-43-44-46-48-50-52-54-56-58-60-62-64-66-68-70-72-74-80(88)85-77(76-92-84-83(91)82(90)81(89)79(75-86)93-84)78(87)73-71-69-67-65-63-61-59-57-55-53-51-49-47-45-32-30-28-26-24-22-20-18-16-14-12-10-8-6-4-2/h5,7,11,13,17,19,23,25,29,31,34-35,77-79,81-84,86-87,89-91H,3-4,6,8-10,12,14-16,18,20-22,24,26-28,30,32-33,36-76H2,1-2H3,(H,85,88)/b7-5-,13-11-,19-17-,25-23-,31-29-,35-34-. The molecule has 1 fully saturated rings. The summed E-state index contributed by atoms with van der Waals surface area (Å²) in [5.74, 6) is -0.136. The van der Waals surface area contributed by atoms with Crippen LogP contribution in [-0.4, -0.2) is 87.5 Å². The number of aliphatic hydroxyl groups excluding tert-OH is 5. The van der Waals surface area contributed by atoms with Crippen molar-refractivity contribution in [3.05, 3.63) is 72.9 Å². The summed E-state index contributed by atoms with van der Waals surface area (Å²) in [6.45, 7) is 3.78. The van der Waals surface area contributed by atoms with Gasteiger partial charge in [-0.1, -0.05) is 401 Å². The Kier molecular flexibility index (Phi) is 69.0. The van der Waals surface area contributed by atoms with Gasteiger partial charge in [-0.05, 0) is 64.2 Å². The zero-order chi connectivity index (χ0) is 67.1. The first-order valence-corrected chi connectivity index (χ1v) is 40.6. The number of hydrogen-bond donors (Lipinski definition) is 6. The van der Waals surface area contributed by atoms with Gasteiger partial charge in [0.15, 0.2) is 6.29 Å². The van der Waals surface area contributed by atoms with E-state index in [1.54, 1.807) is 0 Å². The van der Waals surface area contributed by atoms with Crippen LogP contribution in [0.25, 0.3) is 0 Å². The summed E-state index contributed by atoms with van der Waals surface area (Å²) < 4.78 is 11.4. The number of unbranched alkanes of at least 4 members (excludes halogenated alkanes) is 50. The van der Waals surface area contributed by atoms with E-state index in [-0.39, 0.29) is 12.5 Å². The fraction of sp³-hybridized carbons (Fsp3) is 0.845. The molecule has 1 rings (SSSR count). The minimum Gasteiger partial charge on any atom is -0.394 e. The highest BCUT2D eigenvalue weighted by atomic mass is 16.7. The van der Waals surface area contributed by atoms with Crippen LogP contribution in [0.2, 0.25) is 0 Å². The van der Waals surface area contributed by atoms with E-state index in [0.717, 1.165) is 77.0 Å². The maximum Gasteiger partial charge on any atom is 0.220 e. The third-order valence-electron chi connectivity index (χ3n) is 19.3. The Balaban J connectivity index is 2.04.